The number of aliphatic hydroxyl groups excluding tert-OH is 1. The van der Waals surface area contributed by atoms with Crippen molar-refractivity contribution < 1.29 is 14.6 Å². The number of benzene rings is 2. The highest BCUT2D eigenvalue weighted by molar-refractivity contribution is 5.84. The number of hydrogen-bond donors (Lipinski definition) is 3. The summed E-state index contributed by atoms with van der Waals surface area (Å²) >= 11 is 0. The van der Waals surface area contributed by atoms with Gasteiger partial charge < -0.3 is 25.0 Å². The van der Waals surface area contributed by atoms with Crippen molar-refractivity contribution in [3.8, 4) is 11.8 Å². The number of ether oxygens (including phenoxy) is 1. The van der Waals surface area contributed by atoms with Gasteiger partial charge in [-0.2, -0.15) is 5.26 Å². The lowest BCUT2D eigenvalue weighted by Crippen LogP contribution is -2.49. The first-order valence-electron chi connectivity index (χ1n) is 10.2. The number of carbonyl (C=O) groups excluding carboxylic acids is 1. The van der Waals surface area contributed by atoms with E-state index in [1.807, 2.05) is 54.3 Å². The molecule has 2 heterocycles. The number of anilines is 1. The molecule has 158 valence electrons. The van der Waals surface area contributed by atoms with Crippen molar-refractivity contribution in [3.63, 3.8) is 0 Å². The van der Waals surface area contributed by atoms with Crippen LogP contribution in [0.15, 0.2) is 54.3 Å². The first kappa shape index (κ1) is 20.3. The molecule has 0 saturated heterocycles. The minimum absolute atomic E-state index is 0.0396. The molecule has 0 radical (unpaired) electrons. The van der Waals surface area contributed by atoms with E-state index in [-0.39, 0.29) is 30.3 Å². The monoisotopic (exact) mass is 417 g/mol. The molecular formula is C23H23N5O3. The third-order valence-corrected chi connectivity index (χ3v) is 5.07. The maximum atomic E-state index is 12.5. The molecule has 0 bridgehead atoms. The Morgan fingerprint density at radius 3 is 2.87 bits per heavy atom. The van der Waals surface area contributed by atoms with Gasteiger partial charge in [0.1, 0.15) is 23.2 Å². The molecule has 4 rings (SSSR count). The van der Waals surface area contributed by atoms with Crippen molar-refractivity contribution in [2.24, 2.45) is 0 Å². The topological polar surface area (TPSA) is 114 Å². The molecule has 0 aliphatic carbocycles. The zero-order valence-electron chi connectivity index (χ0n) is 17.1. The third-order valence-electron chi connectivity index (χ3n) is 5.07. The van der Waals surface area contributed by atoms with Gasteiger partial charge in [-0.25, -0.2) is 4.98 Å². The lowest BCUT2D eigenvalue weighted by molar-refractivity contribution is -0.127. The Hall–Kier alpha value is -3.99. The maximum absolute atomic E-state index is 12.5. The van der Waals surface area contributed by atoms with Crippen molar-refractivity contribution in [1.29, 1.82) is 5.26 Å². The predicted molar refractivity (Wildman–Crippen MR) is 118 cm³/mol. The van der Waals surface area contributed by atoms with E-state index in [4.69, 9.17) is 4.74 Å². The number of aliphatic hydroxyl groups is 1. The van der Waals surface area contributed by atoms with Gasteiger partial charge in [-0.1, -0.05) is 31.2 Å². The van der Waals surface area contributed by atoms with Crippen molar-refractivity contribution in [3.05, 3.63) is 60.1 Å². The lowest BCUT2D eigenvalue weighted by atomic mass is 10.1. The Balaban J connectivity index is 1.63. The largest absolute Gasteiger partial charge is 0.509 e. The third kappa shape index (κ3) is 4.16. The number of nitrogens with one attached hydrogen (secondary N) is 2. The van der Waals surface area contributed by atoms with Crippen molar-refractivity contribution in [1.82, 2.24) is 15.3 Å². The fraction of sp³-hybridized carbons (Fsp3) is 0.261. The van der Waals surface area contributed by atoms with E-state index in [1.54, 1.807) is 6.07 Å². The normalized spacial score (nSPS) is 16.1. The van der Waals surface area contributed by atoms with E-state index in [1.165, 1.54) is 0 Å². The summed E-state index contributed by atoms with van der Waals surface area (Å²) in [5, 5.41) is 23.4. The molecular weight excluding hydrogens is 394 g/mol. The van der Waals surface area contributed by atoms with E-state index < -0.39 is 6.10 Å². The van der Waals surface area contributed by atoms with Gasteiger partial charge in [-0.3, -0.25) is 4.79 Å². The second-order valence-corrected chi connectivity index (χ2v) is 7.28. The first-order valence-corrected chi connectivity index (χ1v) is 10.2. The summed E-state index contributed by atoms with van der Waals surface area (Å²) in [5.41, 5.74) is 2.30. The number of rotatable bonds is 6. The minimum atomic E-state index is -0.717. The molecule has 1 atom stereocenters. The summed E-state index contributed by atoms with van der Waals surface area (Å²) in [6, 6.07) is 16.8. The zero-order valence-corrected chi connectivity index (χ0v) is 17.1. The van der Waals surface area contributed by atoms with E-state index in [0.29, 0.717) is 23.6 Å². The molecule has 8 heteroatoms. The Bertz CT molecular complexity index is 1140. The molecule has 2 aromatic carbocycles. The zero-order chi connectivity index (χ0) is 21.8. The fourth-order valence-electron chi connectivity index (χ4n) is 3.54. The molecule has 1 aliphatic heterocycles. The van der Waals surface area contributed by atoms with Crippen LogP contribution in [0, 0.1) is 11.3 Å². The fourth-order valence-corrected chi connectivity index (χ4v) is 3.54. The van der Waals surface area contributed by atoms with Crippen LogP contribution in [0.3, 0.4) is 0 Å². The molecule has 0 unspecified atom stereocenters. The van der Waals surface area contributed by atoms with E-state index in [9.17, 15) is 15.2 Å². The summed E-state index contributed by atoms with van der Waals surface area (Å²) in [6.07, 6.45) is 0.108. The lowest BCUT2D eigenvalue weighted by Gasteiger charge is -2.35. The molecule has 8 nitrogen and oxygen atoms in total. The SMILES string of the molecule is CCCNC(=O)[C@@H]1CN(C/C(O)=C(\C#N)c2nc3ccccc3[nH]2)c2ccccc2O1. The highest BCUT2D eigenvalue weighted by Crippen LogP contribution is 2.34. The van der Waals surface area contributed by atoms with Crippen molar-refractivity contribution in [2.45, 2.75) is 19.4 Å². The van der Waals surface area contributed by atoms with Crippen LogP contribution in [0.1, 0.15) is 19.2 Å². The molecule has 0 saturated carbocycles. The number of nitriles is 1. The van der Waals surface area contributed by atoms with Crippen LogP contribution in [0.5, 0.6) is 5.75 Å². The highest BCUT2D eigenvalue weighted by atomic mass is 16.5. The standard InChI is InChI=1S/C23H23N5O3/c1-2-11-25-23(30)21-14-28(18-9-5-6-10-20(18)31-21)13-19(29)15(12-24)22-26-16-7-3-4-8-17(16)27-22/h3-10,21,29H,2,11,13-14H2,1H3,(H,25,30)(H,26,27)/b19-15-/t21-/m0/s1. The summed E-state index contributed by atoms with van der Waals surface area (Å²) in [7, 11) is 0. The van der Waals surface area contributed by atoms with Crippen LogP contribution in [0.4, 0.5) is 5.69 Å². The van der Waals surface area contributed by atoms with Gasteiger partial charge in [0.05, 0.1) is 29.8 Å². The molecule has 0 fully saturated rings. The smallest absolute Gasteiger partial charge is 0.262 e. The van der Waals surface area contributed by atoms with Gasteiger partial charge in [0.15, 0.2) is 11.9 Å². The first-order chi connectivity index (χ1) is 15.1. The maximum Gasteiger partial charge on any atom is 0.262 e. The predicted octanol–water partition coefficient (Wildman–Crippen LogP) is 3.15. The summed E-state index contributed by atoms with van der Waals surface area (Å²) in [6.45, 7) is 2.83. The van der Waals surface area contributed by atoms with Gasteiger partial charge in [-0.05, 0) is 30.7 Å². The number of imidazole rings is 1. The number of aromatic amines is 1. The van der Waals surface area contributed by atoms with E-state index in [2.05, 4.69) is 21.4 Å². The molecule has 1 aromatic heterocycles. The number of aromatic nitrogens is 2. The second-order valence-electron chi connectivity index (χ2n) is 7.28. The summed E-state index contributed by atoms with van der Waals surface area (Å²) in [5.74, 6) is 0.522. The van der Waals surface area contributed by atoms with Crippen molar-refractivity contribution in [2.75, 3.05) is 24.5 Å². The quantitative estimate of drug-likeness (QED) is 0.419. The molecule has 3 aromatic rings. The molecule has 31 heavy (non-hydrogen) atoms. The van der Waals surface area contributed by atoms with Crippen LogP contribution in [0.2, 0.25) is 0 Å². The minimum Gasteiger partial charge on any atom is -0.509 e. The molecule has 1 amide bonds. The van der Waals surface area contributed by atoms with Crippen LogP contribution < -0.4 is 15.0 Å². The molecule has 0 spiro atoms. The molecule has 1 aliphatic rings. The number of carbonyl (C=O) groups is 1. The van der Waals surface area contributed by atoms with Gasteiger partial charge in [0.25, 0.3) is 5.91 Å². The van der Waals surface area contributed by atoms with Gasteiger partial charge >= 0.3 is 0 Å². The molecule has 3 N–H and O–H groups in total. The highest BCUT2D eigenvalue weighted by Gasteiger charge is 2.31. The number of para-hydroxylation sites is 4. The number of fused-ring (bicyclic) bond motifs is 2. The van der Waals surface area contributed by atoms with Crippen LogP contribution in [-0.4, -0.2) is 46.7 Å². The Labute approximate surface area is 179 Å². The average molecular weight is 417 g/mol. The number of amides is 1. The van der Waals surface area contributed by atoms with Crippen LogP contribution in [0.25, 0.3) is 16.6 Å². The number of allylic oxidation sites excluding steroid dienone is 1. The summed E-state index contributed by atoms with van der Waals surface area (Å²) < 4.78 is 5.88. The Morgan fingerprint density at radius 2 is 2.10 bits per heavy atom. The van der Waals surface area contributed by atoms with Gasteiger partial charge in [0.2, 0.25) is 0 Å². The number of H-pyrrole nitrogens is 1. The van der Waals surface area contributed by atoms with Crippen LogP contribution >= 0.6 is 0 Å². The van der Waals surface area contributed by atoms with Crippen LogP contribution in [-0.2, 0) is 4.79 Å². The van der Waals surface area contributed by atoms with Crippen molar-refractivity contribution >= 4 is 28.2 Å². The van der Waals surface area contributed by atoms with E-state index in [0.717, 1.165) is 17.6 Å². The average Bonchev–Trinajstić information content (AvgIpc) is 3.21. The number of hydrogen-bond acceptors (Lipinski definition) is 6. The number of nitrogens with zero attached hydrogens (tertiary/aromatic N) is 3. The second kappa shape index (κ2) is 8.79. The summed E-state index contributed by atoms with van der Waals surface area (Å²) in [4.78, 5) is 21.8. The van der Waals surface area contributed by atoms with E-state index >= 15 is 0 Å². The van der Waals surface area contributed by atoms with Gasteiger partial charge in [0, 0.05) is 6.54 Å². The Kier molecular flexibility index (Phi) is 5.76. The Morgan fingerprint density at radius 1 is 1.32 bits per heavy atom. The van der Waals surface area contributed by atoms with Gasteiger partial charge in [-0.15, -0.1) is 0 Å².